The Labute approximate surface area is 262 Å². The number of unbranched alkanes of at least 4 members (excludes halogenated alkanes) is 11. The topological polar surface area (TPSA) is 93.1 Å². The molecule has 1 rings (SSSR count). The van der Waals surface area contributed by atoms with Crippen LogP contribution in [0.5, 0.6) is 0 Å². The first kappa shape index (κ1) is 39.2. The SMILES string of the molecule is CCCCCCCCCCOC(C)COC(SCCC(CCCCCCC)c1cccc(CC)c1)C(O)([PH2]=O)C(=O)O. The van der Waals surface area contributed by atoms with Gasteiger partial charge in [-0.3, -0.25) is 0 Å². The zero-order valence-corrected chi connectivity index (χ0v) is 29.0. The predicted octanol–water partition coefficient (Wildman–Crippen LogP) is 9.23. The van der Waals surface area contributed by atoms with Crippen LogP contribution in [0, 0.1) is 0 Å². The second kappa shape index (κ2) is 24.5. The molecule has 0 fully saturated rings. The molecular weight excluding hydrogens is 567 g/mol. The first-order chi connectivity index (χ1) is 20.3. The molecule has 1 aromatic carbocycles. The van der Waals surface area contributed by atoms with E-state index in [1.165, 1.54) is 87.1 Å². The third-order valence-electron chi connectivity index (χ3n) is 7.99. The minimum atomic E-state index is -2.40. The quantitative estimate of drug-likeness (QED) is 0.0543. The van der Waals surface area contributed by atoms with Gasteiger partial charge in [-0.05, 0) is 55.4 Å². The lowest BCUT2D eigenvalue weighted by molar-refractivity contribution is -0.157. The van der Waals surface area contributed by atoms with Crippen molar-refractivity contribution in [2.75, 3.05) is 19.0 Å². The summed E-state index contributed by atoms with van der Waals surface area (Å²) in [4.78, 5) is 12.0. The van der Waals surface area contributed by atoms with Crippen molar-refractivity contribution >= 4 is 26.2 Å². The van der Waals surface area contributed by atoms with Gasteiger partial charge in [0.2, 0.25) is 5.34 Å². The molecule has 42 heavy (non-hydrogen) atoms. The summed E-state index contributed by atoms with van der Waals surface area (Å²) < 4.78 is 23.8. The summed E-state index contributed by atoms with van der Waals surface area (Å²) in [6.07, 6.45) is 18.6. The van der Waals surface area contributed by atoms with E-state index >= 15 is 0 Å². The molecule has 0 aliphatic heterocycles. The summed E-state index contributed by atoms with van der Waals surface area (Å²) in [5, 5.41) is 18.2. The molecular formula is C34H61O6PS. The van der Waals surface area contributed by atoms with Gasteiger partial charge < -0.3 is 24.3 Å². The van der Waals surface area contributed by atoms with Crippen molar-refractivity contribution in [1.82, 2.24) is 0 Å². The highest BCUT2D eigenvalue weighted by molar-refractivity contribution is 8.00. The van der Waals surface area contributed by atoms with Crippen molar-refractivity contribution < 1.29 is 29.0 Å². The van der Waals surface area contributed by atoms with Crippen LogP contribution in [0.15, 0.2) is 24.3 Å². The van der Waals surface area contributed by atoms with E-state index in [4.69, 9.17) is 9.47 Å². The molecule has 0 saturated carbocycles. The Bertz CT molecular complexity index is 840. The Morgan fingerprint density at radius 1 is 0.905 bits per heavy atom. The number of rotatable bonds is 28. The van der Waals surface area contributed by atoms with Gasteiger partial charge in [0.15, 0.2) is 0 Å². The molecule has 0 aliphatic rings. The molecule has 244 valence electrons. The lowest BCUT2D eigenvalue weighted by Crippen LogP contribution is -2.45. The number of thioether (sulfide) groups is 1. The molecule has 0 bridgehead atoms. The van der Waals surface area contributed by atoms with Gasteiger partial charge in [-0.1, -0.05) is 122 Å². The molecule has 0 amide bonds. The summed E-state index contributed by atoms with van der Waals surface area (Å²) in [5.74, 6) is -0.554. The summed E-state index contributed by atoms with van der Waals surface area (Å²) in [6, 6.07) is 8.75. The van der Waals surface area contributed by atoms with E-state index in [1.54, 1.807) is 0 Å². The number of carboxylic acids is 1. The van der Waals surface area contributed by atoms with Crippen LogP contribution in [-0.2, 0) is 25.3 Å². The van der Waals surface area contributed by atoms with E-state index < -0.39 is 25.2 Å². The molecule has 0 radical (unpaired) electrons. The van der Waals surface area contributed by atoms with Crippen molar-refractivity contribution in [2.24, 2.45) is 0 Å². The maximum Gasteiger partial charge on any atom is 0.346 e. The van der Waals surface area contributed by atoms with Gasteiger partial charge in [-0.15, -0.1) is 11.8 Å². The van der Waals surface area contributed by atoms with Crippen LogP contribution in [0.25, 0.3) is 0 Å². The Hall–Kier alpha value is -0.850. The van der Waals surface area contributed by atoms with E-state index in [0.717, 1.165) is 38.5 Å². The van der Waals surface area contributed by atoms with Crippen LogP contribution >= 0.6 is 20.2 Å². The molecule has 2 N–H and O–H groups in total. The van der Waals surface area contributed by atoms with E-state index in [9.17, 15) is 19.6 Å². The number of aliphatic carboxylic acids is 1. The summed E-state index contributed by atoms with van der Waals surface area (Å²) in [6.45, 7) is 9.28. The average Bonchev–Trinajstić information content (AvgIpc) is 3.00. The van der Waals surface area contributed by atoms with Crippen LogP contribution in [0.4, 0.5) is 0 Å². The Balaban J connectivity index is 2.68. The second-order valence-corrected chi connectivity index (χ2v) is 14.0. The zero-order valence-electron chi connectivity index (χ0n) is 27.0. The van der Waals surface area contributed by atoms with Gasteiger partial charge in [0.25, 0.3) is 0 Å². The van der Waals surface area contributed by atoms with Crippen molar-refractivity contribution in [1.29, 1.82) is 0 Å². The molecule has 0 saturated heterocycles. The number of hydrogen-bond donors (Lipinski definition) is 2. The van der Waals surface area contributed by atoms with Crippen molar-refractivity contribution in [3.8, 4) is 0 Å². The number of ether oxygens (including phenoxy) is 2. The number of benzene rings is 1. The molecule has 5 atom stereocenters. The fourth-order valence-corrected chi connectivity index (χ4v) is 7.08. The van der Waals surface area contributed by atoms with Crippen LogP contribution < -0.4 is 0 Å². The van der Waals surface area contributed by atoms with Gasteiger partial charge in [-0.25, -0.2) is 4.79 Å². The van der Waals surface area contributed by atoms with E-state index in [-0.39, 0.29) is 12.7 Å². The van der Waals surface area contributed by atoms with E-state index in [0.29, 0.717) is 18.3 Å². The molecule has 0 aromatic heterocycles. The van der Waals surface area contributed by atoms with Crippen LogP contribution in [-0.4, -0.2) is 52.0 Å². The number of carboxylic acid groups (broad SMARTS) is 1. The highest BCUT2D eigenvalue weighted by Gasteiger charge is 2.45. The normalized spacial score (nSPS) is 15.5. The molecule has 0 heterocycles. The fourth-order valence-electron chi connectivity index (χ4n) is 5.16. The minimum Gasteiger partial charge on any atom is -0.479 e. The summed E-state index contributed by atoms with van der Waals surface area (Å²) in [5.41, 5.74) is 1.51. The molecule has 6 nitrogen and oxygen atoms in total. The molecule has 1 aromatic rings. The maximum atomic E-state index is 12.0. The highest BCUT2D eigenvalue weighted by atomic mass is 32.2. The minimum absolute atomic E-state index is 0.142. The predicted molar refractivity (Wildman–Crippen MR) is 180 cm³/mol. The molecule has 0 spiro atoms. The summed E-state index contributed by atoms with van der Waals surface area (Å²) >= 11 is 1.26. The lowest BCUT2D eigenvalue weighted by Gasteiger charge is -2.29. The number of hydrogen-bond acceptors (Lipinski definition) is 6. The van der Waals surface area contributed by atoms with Gasteiger partial charge in [-0.2, -0.15) is 0 Å². The first-order valence-electron chi connectivity index (χ1n) is 16.7. The van der Waals surface area contributed by atoms with Crippen LogP contribution in [0.1, 0.15) is 141 Å². The Kier molecular flexibility index (Phi) is 22.8. The zero-order chi connectivity index (χ0) is 31.1. The Morgan fingerprint density at radius 3 is 2.12 bits per heavy atom. The van der Waals surface area contributed by atoms with E-state index in [1.807, 2.05) is 6.92 Å². The molecule has 8 heteroatoms. The highest BCUT2D eigenvalue weighted by Crippen LogP contribution is 2.36. The van der Waals surface area contributed by atoms with Crippen molar-refractivity contribution in [3.05, 3.63) is 35.4 Å². The van der Waals surface area contributed by atoms with Crippen LogP contribution in [0.2, 0.25) is 0 Å². The first-order valence-corrected chi connectivity index (χ1v) is 18.8. The van der Waals surface area contributed by atoms with Crippen LogP contribution in [0.3, 0.4) is 0 Å². The van der Waals surface area contributed by atoms with Gasteiger partial charge >= 0.3 is 5.97 Å². The number of aryl methyl sites for hydroxylation is 1. The monoisotopic (exact) mass is 628 g/mol. The largest absolute Gasteiger partial charge is 0.479 e. The number of aliphatic hydroxyl groups is 1. The average molecular weight is 629 g/mol. The smallest absolute Gasteiger partial charge is 0.346 e. The second-order valence-electron chi connectivity index (χ2n) is 11.7. The maximum absolute atomic E-state index is 12.0. The Morgan fingerprint density at radius 2 is 1.52 bits per heavy atom. The van der Waals surface area contributed by atoms with E-state index in [2.05, 4.69) is 45.0 Å². The van der Waals surface area contributed by atoms with Gasteiger partial charge in [0.05, 0.1) is 12.7 Å². The third kappa shape index (κ3) is 16.3. The summed E-state index contributed by atoms with van der Waals surface area (Å²) in [7, 11) is -1.99. The third-order valence-corrected chi connectivity index (χ3v) is 10.4. The molecule has 5 unspecified atom stereocenters. The fraction of sp³-hybridized carbons (Fsp3) is 0.794. The van der Waals surface area contributed by atoms with Gasteiger partial charge in [0.1, 0.15) is 13.9 Å². The molecule has 0 aliphatic carbocycles. The standard InChI is InChI=1S/C34H61O6PS/c1-5-8-10-12-13-14-16-18-24-39-28(4)27-40-33(34(37,41-38)32(35)36)42-25-23-30(21-17-15-11-9-6-2)31-22-19-20-29(7-3)26-31/h19-20,22,26,28,30,33,37H,5-18,21,23-25,27,41H2,1-4H3,(H,35,36). The van der Waals surface area contributed by atoms with Crippen molar-refractivity contribution in [2.45, 2.75) is 153 Å². The lowest BCUT2D eigenvalue weighted by atomic mass is 9.89. The van der Waals surface area contributed by atoms with Crippen molar-refractivity contribution in [3.63, 3.8) is 0 Å². The number of carbonyl (C=O) groups is 1. The van der Waals surface area contributed by atoms with Gasteiger partial charge in [0, 0.05) is 6.61 Å².